The van der Waals surface area contributed by atoms with Crippen LogP contribution in [0.25, 0.3) is 0 Å². The minimum Gasteiger partial charge on any atom is -0.310 e. The molecule has 1 aromatic carbocycles. The maximum Gasteiger partial charge on any atom is 0.0356 e. The van der Waals surface area contributed by atoms with Gasteiger partial charge in [0.05, 0.1) is 0 Å². The number of nitrogens with one attached hydrogen (secondary N) is 1. The van der Waals surface area contributed by atoms with E-state index in [9.17, 15) is 0 Å². The largest absolute Gasteiger partial charge is 0.310 e. The van der Waals surface area contributed by atoms with Gasteiger partial charge in [-0.05, 0) is 67.8 Å². The van der Waals surface area contributed by atoms with Crippen LogP contribution in [0.1, 0.15) is 48.6 Å². The number of halogens is 1. The zero-order valence-electron chi connectivity index (χ0n) is 12.1. The Labute approximate surface area is 119 Å². The maximum absolute atomic E-state index is 3.74. The lowest BCUT2D eigenvalue weighted by Gasteiger charge is -2.24. The summed E-state index contributed by atoms with van der Waals surface area (Å²) in [5.74, 6) is 1.69. The first-order chi connectivity index (χ1) is 8.47. The molecule has 2 heteroatoms. The molecule has 1 N–H and O–H groups in total. The summed E-state index contributed by atoms with van der Waals surface area (Å²) < 4.78 is 1.28. The van der Waals surface area contributed by atoms with E-state index in [0.29, 0.717) is 6.04 Å². The molecule has 0 amide bonds. The highest BCUT2D eigenvalue weighted by Crippen LogP contribution is 2.49. The Morgan fingerprint density at radius 3 is 2.44 bits per heavy atom. The average molecular weight is 310 g/mol. The quantitative estimate of drug-likeness (QED) is 0.851. The van der Waals surface area contributed by atoms with Crippen molar-refractivity contribution in [3.05, 3.63) is 32.8 Å². The topological polar surface area (TPSA) is 12.0 Å². The summed E-state index contributed by atoms with van der Waals surface area (Å²) in [4.78, 5) is 0. The summed E-state index contributed by atoms with van der Waals surface area (Å²) in [6.45, 7) is 12.3. The SMILES string of the molecule is CCNC(c1c(C)cc(C)c(Br)c1C)C1CC1C. The number of aryl methyl sites for hydroxylation is 2. The van der Waals surface area contributed by atoms with Crippen molar-refractivity contribution >= 4 is 15.9 Å². The number of hydrogen-bond donors (Lipinski definition) is 1. The summed E-state index contributed by atoms with van der Waals surface area (Å²) in [7, 11) is 0. The van der Waals surface area contributed by atoms with E-state index in [-0.39, 0.29) is 0 Å². The molecule has 2 rings (SSSR count). The molecule has 18 heavy (non-hydrogen) atoms. The van der Waals surface area contributed by atoms with E-state index in [1.807, 2.05) is 0 Å². The Hall–Kier alpha value is -0.340. The predicted molar refractivity (Wildman–Crippen MR) is 82.0 cm³/mol. The second-order valence-electron chi connectivity index (χ2n) is 5.78. The molecule has 1 aliphatic carbocycles. The zero-order chi connectivity index (χ0) is 13.4. The fraction of sp³-hybridized carbons (Fsp3) is 0.625. The van der Waals surface area contributed by atoms with Gasteiger partial charge in [0.2, 0.25) is 0 Å². The van der Waals surface area contributed by atoms with Crippen LogP contribution in [0.4, 0.5) is 0 Å². The standard InChI is InChI=1S/C16H24BrN/c1-6-18-16(13-8-9(13)2)14-10(3)7-11(4)15(17)12(14)5/h7,9,13,16,18H,6,8H2,1-5H3. The fourth-order valence-electron chi connectivity index (χ4n) is 3.16. The van der Waals surface area contributed by atoms with E-state index in [0.717, 1.165) is 18.4 Å². The van der Waals surface area contributed by atoms with Gasteiger partial charge >= 0.3 is 0 Å². The first kappa shape index (κ1) is 14.1. The van der Waals surface area contributed by atoms with Gasteiger partial charge in [-0.1, -0.05) is 35.8 Å². The van der Waals surface area contributed by atoms with Crippen LogP contribution in [-0.2, 0) is 0 Å². The third-order valence-corrected chi connectivity index (χ3v) is 5.49. The lowest BCUT2D eigenvalue weighted by molar-refractivity contribution is 0.471. The van der Waals surface area contributed by atoms with E-state index in [2.05, 4.69) is 61.9 Å². The van der Waals surface area contributed by atoms with Crippen molar-refractivity contribution in [2.45, 2.75) is 47.1 Å². The molecule has 100 valence electrons. The Kier molecular flexibility index (Phi) is 4.18. The lowest BCUT2D eigenvalue weighted by Crippen LogP contribution is -2.25. The van der Waals surface area contributed by atoms with Crippen LogP contribution in [0.3, 0.4) is 0 Å². The molecule has 1 fully saturated rings. The van der Waals surface area contributed by atoms with Crippen LogP contribution in [0.2, 0.25) is 0 Å². The Bertz CT molecular complexity index is 453. The van der Waals surface area contributed by atoms with Gasteiger partial charge in [0, 0.05) is 10.5 Å². The van der Waals surface area contributed by atoms with E-state index in [4.69, 9.17) is 0 Å². The van der Waals surface area contributed by atoms with Crippen molar-refractivity contribution in [1.82, 2.24) is 5.32 Å². The van der Waals surface area contributed by atoms with Crippen molar-refractivity contribution in [2.75, 3.05) is 6.54 Å². The molecule has 1 saturated carbocycles. The second kappa shape index (κ2) is 5.34. The summed E-state index contributed by atoms with van der Waals surface area (Å²) in [6.07, 6.45) is 1.36. The maximum atomic E-state index is 3.74. The van der Waals surface area contributed by atoms with Crippen molar-refractivity contribution in [1.29, 1.82) is 0 Å². The average Bonchev–Trinajstić information content (AvgIpc) is 3.02. The molecule has 3 atom stereocenters. The molecular weight excluding hydrogens is 286 g/mol. The van der Waals surface area contributed by atoms with Crippen molar-refractivity contribution in [3.63, 3.8) is 0 Å². The van der Waals surface area contributed by atoms with Gasteiger partial charge in [-0.2, -0.15) is 0 Å². The highest BCUT2D eigenvalue weighted by molar-refractivity contribution is 9.10. The van der Waals surface area contributed by atoms with Crippen molar-refractivity contribution in [3.8, 4) is 0 Å². The second-order valence-corrected chi connectivity index (χ2v) is 6.57. The summed E-state index contributed by atoms with van der Waals surface area (Å²) in [5, 5.41) is 3.70. The van der Waals surface area contributed by atoms with Crippen LogP contribution in [-0.4, -0.2) is 6.54 Å². The fourth-order valence-corrected chi connectivity index (χ4v) is 3.48. The third-order valence-electron chi connectivity index (χ3n) is 4.27. The molecule has 0 spiro atoms. The van der Waals surface area contributed by atoms with Crippen LogP contribution < -0.4 is 5.32 Å². The summed E-state index contributed by atoms with van der Waals surface area (Å²) in [5.41, 5.74) is 5.70. The van der Waals surface area contributed by atoms with Gasteiger partial charge < -0.3 is 5.32 Å². The molecule has 3 unspecified atom stereocenters. The number of rotatable bonds is 4. The number of benzene rings is 1. The lowest BCUT2D eigenvalue weighted by atomic mass is 9.91. The Balaban J connectivity index is 2.44. The normalized spacial score (nSPS) is 24.1. The molecule has 0 saturated heterocycles. The molecular formula is C16H24BrN. The van der Waals surface area contributed by atoms with E-state index in [1.165, 1.54) is 33.1 Å². The minimum atomic E-state index is 0.530. The molecule has 0 heterocycles. The Morgan fingerprint density at radius 1 is 1.33 bits per heavy atom. The van der Waals surface area contributed by atoms with Crippen LogP contribution in [0.5, 0.6) is 0 Å². The number of hydrogen-bond acceptors (Lipinski definition) is 1. The predicted octanol–water partition coefficient (Wildman–Crippen LogP) is 4.68. The zero-order valence-corrected chi connectivity index (χ0v) is 13.7. The van der Waals surface area contributed by atoms with Gasteiger partial charge in [0.1, 0.15) is 0 Å². The highest BCUT2D eigenvalue weighted by Gasteiger charge is 2.40. The van der Waals surface area contributed by atoms with Crippen LogP contribution in [0, 0.1) is 32.6 Å². The van der Waals surface area contributed by atoms with Gasteiger partial charge in [-0.3, -0.25) is 0 Å². The van der Waals surface area contributed by atoms with Crippen molar-refractivity contribution in [2.24, 2.45) is 11.8 Å². The molecule has 1 nitrogen and oxygen atoms in total. The van der Waals surface area contributed by atoms with Gasteiger partial charge in [-0.25, -0.2) is 0 Å². The molecule has 1 aliphatic rings. The summed E-state index contributed by atoms with van der Waals surface area (Å²) >= 11 is 3.74. The minimum absolute atomic E-state index is 0.530. The van der Waals surface area contributed by atoms with Gasteiger partial charge in [-0.15, -0.1) is 0 Å². The molecule has 1 aromatic rings. The summed E-state index contributed by atoms with van der Waals surface area (Å²) in [6, 6.07) is 2.84. The van der Waals surface area contributed by atoms with Gasteiger partial charge in [0.25, 0.3) is 0 Å². The first-order valence-electron chi connectivity index (χ1n) is 6.96. The Morgan fingerprint density at radius 2 is 1.94 bits per heavy atom. The van der Waals surface area contributed by atoms with E-state index < -0.39 is 0 Å². The molecule has 0 radical (unpaired) electrons. The smallest absolute Gasteiger partial charge is 0.0356 e. The molecule has 0 bridgehead atoms. The van der Waals surface area contributed by atoms with Crippen LogP contribution in [0.15, 0.2) is 10.5 Å². The monoisotopic (exact) mass is 309 g/mol. The van der Waals surface area contributed by atoms with Gasteiger partial charge in [0.15, 0.2) is 0 Å². The molecule has 0 aromatic heterocycles. The van der Waals surface area contributed by atoms with E-state index in [1.54, 1.807) is 0 Å². The van der Waals surface area contributed by atoms with Crippen molar-refractivity contribution < 1.29 is 0 Å². The first-order valence-corrected chi connectivity index (χ1v) is 7.76. The highest BCUT2D eigenvalue weighted by atomic mass is 79.9. The van der Waals surface area contributed by atoms with Crippen LogP contribution >= 0.6 is 15.9 Å². The van der Waals surface area contributed by atoms with E-state index >= 15 is 0 Å². The third kappa shape index (κ3) is 2.50. The molecule has 0 aliphatic heterocycles.